The topological polar surface area (TPSA) is 79.5 Å². The molecule has 1 saturated heterocycles. The maximum Gasteiger partial charge on any atom is 0.255 e. The molecule has 18 heavy (non-hydrogen) atoms. The van der Waals surface area contributed by atoms with Gasteiger partial charge in [-0.15, -0.1) is 0 Å². The quantitative estimate of drug-likeness (QED) is 0.813. The van der Waals surface area contributed by atoms with Gasteiger partial charge in [0.1, 0.15) is 0 Å². The van der Waals surface area contributed by atoms with Crippen LogP contribution in [0.4, 0.5) is 5.69 Å². The minimum atomic E-state index is -0.372. The van der Waals surface area contributed by atoms with Crippen LogP contribution < -0.4 is 5.73 Å². The predicted octanol–water partition coefficient (Wildman–Crippen LogP) is 0.815. The normalized spacial score (nSPS) is 21.1. The van der Waals surface area contributed by atoms with Crippen LogP contribution in [0.5, 0.6) is 0 Å². The fraction of sp³-hybridized carbons (Fsp3) is 0.538. The summed E-state index contributed by atoms with van der Waals surface area (Å²) in [6.07, 6.45) is 2.02. The fourth-order valence-corrected chi connectivity index (χ4v) is 2.30. The van der Waals surface area contributed by atoms with Crippen molar-refractivity contribution in [1.29, 1.82) is 0 Å². The summed E-state index contributed by atoms with van der Waals surface area (Å²) in [5, 5.41) is 9.55. The van der Waals surface area contributed by atoms with Gasteiger partial charge in [0.05, 0.1) is 29.2 Å². The molecule has 2 atom stereocenters. The largest absolute Gasteiger partial charge is 0.397 e. The van der Waals surface area contributed by atoms with E-state index in [9.17, 15) is 9.90 Å². The number of rotatable bonds is 2. The molecule has 0 aromatic carbocycles. The molecule has 0 spiro atoms. The highest BCUT2D eigenvalue weighted by atomic mass is 16.3. The van der Waals surface area contributed by atoms with Gasteiger partial charge in [0.25, 0.3) is 5.91 Å². The van der Waals surface area contributed by atoms with Crippen LogP contribution in [0, 0.1) is 12.8 Å². The highest BCUT2D eigenvalue weighted by Crippen LogP contribution is 2.22. The third-order valence-electron chi connectivity index (χ3n) is 3.53. The number of nitrogens with two attached hydrogens (primary N) is 1. The van der Waals surface area contributed by atoms with E-state index in [0.717, 1.165) is 6.42 Å². The lowest BCUT2D eigenvalue weighted by Gasteiger charge is -2.18. The Kier molecular flexibility index (Phi) is 3.52. The lowest BCUT2D eigenvalue weighted by Crippen LogP contribution is -2.31. The number of likely N-dealkylation sites (tertiary alicyclic amines) is 1. The van der Waals surface area contributed by atoms with Crippen molar-refractivity contribution in [3.63, 3.8) is 0 Å². The van der Waals surface area contributed by atoms with Gasteiger partial charge in [-0.3, -0.25) is 9.78 Å². The summed E-state index contributed by atoms with van der Waals surface area (Å²) in [5.41, 5.74) is 7.41. The number of carbonyl (C=O) groups excluding carboxylic acids is 1. The number of pyridine rings is 1. The zero-order chi connectivity index (χ0) is 13.3. The maximum atomic E-state index is 12.3. The van der Waals surface area contributed by atoms with E-state index in [1.165, 1.54) is 0 Å². The molecule has 5 nitrogen and oxygen atoms in total. The second-order valence-electron chi connectivity index (χ2n) is 4.94. The standard InChI is InChI=1S/C13H19N3O2/c1-8-12(5-11(14)6-15-8)13(18)16-4-3-10(7-16)9(2)17/h5-6,9-10,17H,3-4,7,14H2,1-2H3. The van der Waals surface area contributed by atoms with Gasteiger partial charge in [0, 0.05) is 19.0 Å². The van der Waals surface area contributed by atoms with Crippen molar-refractivity contribution in [3.8, 4) is 0 Å². The van der Waals surface area contributed by atoms with Crippen LogP contribution in [0.3, 0.4) is 0 Å². The molecule has 1 aromatic rings. The Hall–Kier alpha value is -1.62. The molecule has 1 aliphatic heterocycles. The summed E-state index contributed by atoms with van der Waals surface area (Å²) in [5.74, 6) is 0.124. The molecule has 1 fully saturated rings. The highest BCUT2D eigenvalue weighted by Gasteiger charge is 2.30. The van der Waals surface area contributed by atoms with E-state index in [2.05, 4.69) is 4.98 Å². The number of carbonyl (C=O) groups is 1. The van der Waals surface area contributed by atoms with E-state index >= 15 is 0 Å². The average Bonchev–Trinajstić information content (AvgIpc) is 2.81. The zero-order valence-electron chi connectivity index (χ0n) is 10.8. The summed E-state index contributed by atoms with van der Waals surface area (Å²) >= 11 is 0. The Morgan fingerprint density at radius 1 is 1.67 bits per heavy atom. The minimum Gasteiger partial charge on any atom is -0.397 e. The van der Waals surface area contributed by atoms with Gasteiger partial charge in [-0.25, -0.2) is 0 Å². The van der Waals surface area contributed by atoms with Crippen LogP contribution >= 0.6 is 0 Å². The van der Waals surface area contributed by atoms with Gasteiger partial charge in [0.15, 0.2) is 0 Å². The first-order valence-corrected chi connectivity index (χ1v) is 6.18. The van der Waals surface area contributed by atoms with E-state index < -0.39 is 0 Å². The van der Waals surface area contributed by atoms with E-state index in [4.69, 9.17) is 5.73 Å². The molecule has 2 heterocycles. The molecule has 1 aliphatic rings. The molecule has 3 N–H and O–H groups in total. The molecular weight excluding hydrogens is 230 g/mol. The first-order chi connectivity index (χ1) is 8.49. The fourth-order valence-electron chi connectivity index (χ4n) is 2.30. The molecule has 5 heteroatoms. The highest BCUT2D eigenvalue weighted by molar-refractivity contribution is 5.96. The zero-order valence-corrected chi connectivity index (χ0v) is 10.8. The average molecular weight is 249 g/mol. The predicted molar refractivity (Wildman–Crippen MR) is 69.1 cm³/mol. The van der Waals surface area contributed by atoms with Crippen molar-refractivity contribution in [2.24, 2.45) is 5.92 Å². The van der Waals surface area contributed by atoms with Crippen molar-refractivity contribution in [3.05, 3.63) is 23.5 Å². The number of amides is 1. The second kappa shape index (κ2) is 4.94. The van der Waals surface area contributed by atoms with Crippen molar-refractivity contribution < 1.29 is 9.90 Å². The van der Waals surface area contributed by atoms with E-state index in [-0.39, 0.29) is 17.9 Å². The molecule has 2 rings (SSSR count). The number of hydrogen-bond donors (Lipinski definition) is 2. The molecule has 0 saturated carbocycles. The Balaban J connectivity index is 2.15. The molecule has 0 bridgehead atoms. The van der Waals surface area contributed by atoms with E-state index in [1.807, 2.05) is 0 Å². The molecule has 0 radical (unpaired) electrons. The number of aliphatic hydroxyl groups is 1. The van der Waals surface area contributed by atoms with Gasteiger partial charge < -0.3 is 15.7 Å². The van der Waals surface area contributed by atoms with Gasteiger partial charge in [-0.2, -0.15) is 0 Å². The van der Waals surface area contributed by atoms with Gasteiger partial charge in [-0.05, 0) is 26.3 Å². The third kappa shape index (κ3) is 2.46. The number of nitrogens with zero attached hydrogens (tertiary/aromatic N) is 2. The van der Waals surface area contributed by atoms with Crippen LogP contribution in [0.2, 0.25) is 0 Å². The number of anilines is 1. The summed E-state index contributed by atoms with van der Waals surface area (Å²) in [6.45, 7) is 4.86. The second-order valence-corrected chi connectivity index (χ2v) is 4.94. The number of nitrogen functional groups attached to an aromatic ring is 1. The molecule has 1 amide bonds. The number of hydrogen-bond acceptors (Lipinski definition) is 4. The molecule has 1 aromatic heterocycles. The van der Waals surface area contributed by atoms with Gasteiger partial charge >= 0.3 is 0 Å². The Labute approximate surface area is 107 Å². The lowest BCUT2D eigenvalue weighted by molar-refractivity contribution is 0.0761. The van der Waals surface area contributed by atoms with Crippen LogP contribution in [0.25, 0.3) is 0 Å². The maximum absolute atomic E-state index is 12.3. The monoisotopic (exact) mass is 249 g/mol. The number of aryl methyl sites for hydroxylation is 1. The van der Waals surface area contributed by atoms with Crippen molar-refractivity contribution in [1.82, 2.24) is 9.88 Å². The summed E-state index contributed by atoms with van der Waals surface area (Å²) in [4.78, 5) is 18.2. The van der Waals surface area contributed by atoms with Crippen molar-refractivity contribution in [2.75, 3.05) is 18.8 Å². The van der Waals surface area contributed by atoms with Crippen molar-refractivity contribution in [2.45, 2.75) is 26.4 Å². The minimum absolute atomic E-state index is 0.0459. The summed E-state index contributed by atoms with van der Waals surface area (Å²) in [7, 11) is 0. The molecule has 98 valence electrons. The van der Waals surface area contributed by atoms with Crippen LogP contribution in [0.15, 0.2) is 12.3 Å². The Morgan fingerprint density at radius 2 is 2.39 bits per heavy atom. The first-order valence-electron chi connectivity index (χ1n) is 6.18. The van der Waals surface area contributed by atoms with Crippen LogP contribution in [-0.2, 0) is 0 Å². The Bertz CT molecular complexity index is 460. The van der Waals surface area contributed by atoms with Gasteiger partial charge in [0.2, 0.25) is 0 Å². The SMILES string of the molecule is Cc1ncc(N)cc1C(=O)N1CCC(C(C)O)C1. The molecule has 2 unspecified atom stereocenters. The van der Waals surface area contributed by atoms with E-state index in [1.54, 1.807) is 31.0 Å². The first kappa shape index (κ1) is 12.8. The Morgan fingerprint density at radius 3 is 3.00 bits per heavy atom. The summed E-state index contributed by atoms with van der Waals surface area (Å²) < 4.78 is 0. The third-order valence-corrected chi connectivity index (χ3v) is 3.53. The lowest BCUT2D eigenvalue weighted by atomic mass is 10.0. The smallest absolute Gasteiger partial charge is 0.255 e. The van der Waals surface area contributed by atoms with Crippen LogP contribution in [-0.4, -0.2) is 40.1 Å². The molecule has 0 aliphatic carbocycles. The van der Waals surface area contributed by atoms with Crippen LogP contribution in [0.1, 0.15) is 29.4 Å². The summed E-state index contributed by atoms with van der Waals surface area (Å²) in [6, 6.07) is 1.67. The number of aromatic nitrogens is 1. The van der Waals surface area contributed by atoms with Crippen molar-refractivity contribution >= 4 is 11.6 Å². The van der Waals surface area contributed by atoms with Gasteiger partial charge in [-0.1, -0.05) is 0 Å². The molecular formula is C13H19N3O2. The number of aliphatic hydroxyl groups excluding tert-OH is 1. The van der Waals surface area contributed by atoms with E-state index in [0.29, 0.717) is 30.0 Å².